The molecule has 24 heavy (non-hydrogen) atoms. The van der Waals surface area contributed by atoms with Crippen molar-refractivity contribution in [3.63, 3.8) is 0 Å². The number of carboxylic acids is 4. The maximum Gasteiger partial charge on any atom is 0.506 e. The standard InChI is InChI=1S/C11H12O13/c12-5(13)1-4(23-10(21)22)8(18)24-11(9(19)20,2-6(14)15)3-7(16)17/h4H,1-3H2,(H,12,13)(H,14,15)(H,16,17)(H,19,20)(H,21,22). The minimum absolute atomic E-state index is 1.25. The van der Waals surface area contributed by atoms with Crippen LogP contribution in [0.1, 0.15) is 19.3 Å². The molecule has 0 aliphatic carbocycles. The molecule has 0 fully saturated rings. The summed E-state index contributed by atoms with van der Waals surface area (Å²) < 4.78 is 8.27. The van der Waals surface area contributed by atoms with E-state index in [4.69, 9.17) is 25.5 Å². The van der Waals surface area contributed by atoms with Crippen LogP contribution in [0, 0.1) is 0 Å². The first-order chi connectivity index (χ1) is 10.9. The number of hydrogen-bond donors (Lipinski definition) is 5. The van der Waals surface area contributed by atoms with E-state index in [1.165, 1.54) is 0 Å². The molecule has 0 amide bonds. The van der Waals surface area contributed by atoms with E-state index in [0.29, 0.717) is 0 Å². The Bertz CT molecular complexity index is 530. The summed E-state index contributed by atoms with van der Waals surface area (Å²) in [5.74, 6) is -9.37. The van der Waals surface area contributed by atoms with Gasteiger partial charge in [0, 0.05) is 0 Å². The van der Waals surface area contributed by atoms with E-state index in [-0.39, 0.29) is 0 Å². The van der Waals surface area contributed by atoms with Gasteiger partial charge in [0.05, 0.1) is 19.3 Å². The first-order valence-electron chi connectivity index (χ1n) is 5.91. The van der Waals surface area contributed by atoms with Crippen LogP contribution in [-0.2, 0) is 33.4 Å². The first-order valence-corrected chi connectivity index (χ1v) is 5.91. The average Bonchev–Trinajstić information content (AvgIpc) is 2.34. The number of carbonyl (C=O) groups excluding carboxylic acids is 1. The van der Waals surface area contributed by atoms with Gasteiger partial charge in [0.25, 0.3) is 0 Å². The molecular formula is C11H12O13. The second-order valence-electron chi connectivity index (χ2n) is 4.33. The quantitative estimate of drug-likeness (QED) is 0.293. The fraction of sp³-hybridized carbons (Fsp3) is 0.455. The SMILES string of the molecule is O=C(O)CC(OC(=O)O)C(=O)OC(CC(=O)O)(CC(=O)O)C(=O)O. The molecule has 0 rings (SSSR count). The van der Waals surface area contributed by atoms with Crippen molar-refractivity contribution in [2.75, 3.05) is 0 Å². The fourth-order valence-corrected chi connectivity index (χ4v) is 1.53. The molecule has 134 valence electrons. The van der Waals surface area contributed by atoms with Crippen LogP contribution in [-0.4, -0.2) is 73.2 Å². The smallest absolute Gasteiger partial charge is 0.481 e. The molecule has 13 heteroatoms. The Morgan fingerprint density at radius 3 is 1.54 bits per heavy atom. The molecule has 0 bridgehead atoms. The third-order valence-corrected chi connectivity index (χ3v) is 2.43. The van der Waals surface area contributed by atoms with Crippen LogP contribution in [0.2, 0.25) is 0 Å². The predicted molar refractivity (Wildman–Crippen MR) is 66.1 cm³/mol. The highest BCUT2D eigenvalue weighted by molar-refractivity contribution is 5.92. The third-order valence-electron chi connectivity index (χ3n) is 2.43. The molecule has 13 nitrogen and oxygen atoms in total. The van der Waals surface area contributed by atoms with Gasteiger partial charge in [0.2, 0.25) is 11.7 Å². The zero-order valence-corrected chi connectivity index (χ0v) is 11.7. The topological polar surface area (TPSA) is 222 Å². The van der Waals surface area contributed by atoms with E-state index in [9.17, 15) is 28.8 Å². The summed E-state index contributed by atoms with van der Waals surface area (Å²) in [6.07, 6.45) is -8.58. The summed E-state index contributed by atoms with van der Waals surface area (Å²) in [4.78, 5) is 65.5. The molecule has 0 aliphatic heterocycles. The second kappa shape index (κ2) is 8.30. The van der Waals surface area contributed by atoms with E-state index >= 15 is 0 Å². The van der Waals surface area contributed by atoms with E-state index in [0.717, 1.165) is 0 Å². The van der Waals surface area contributed by atoms with Gasteiger partial charge in [0.15, 0.2) is 0 Å². The Kier molecular flexibility index (Phi) is 7.14. The number of ether oxygens (including phenoxy) is 2. The lowest BCUT2D eigenvalue weighted by molar-refractivity contribution is -0.192. The molecule has 0 saturated carbocycles. The van der Waals surface area contributed by atoms with Crippen molar-refractivity contribution in [1.29, 1.82) is 0 Å². The monoisotopic (exact) mass is 352 g/mol. The van der Waals surface area contributed by atoms with Crippen molar-refractivity contribution in [3.05, 3.63) is 0 Å². The Labute approximate surface area is 132 Å². The lowest BCUT2D eigenvalue weighted by Crippen LogP contribution is -2.49. The molecular weight excluding hydrogens is 340 g/mol. The summed E-state index contributed by atoms with van der Waals surface area (Å²) in [5, 5.41) is 43.4. The Balaban J connectivity index is 5.62. The number of aliphatic carboxylic acids is 4. The highest BCUT2D eigenvalue weighted by atomic mass is 16.7. The molecule has 0 heterocycles. The number of rotatable bonds is 10. The Morgan fingerprint density at radius 1 is 0.792 bits per heavy atom. The summed E-state index contributed by atoms with van der Waals surface area (Å²) in [6.45, 7) is 0. The predicted octanol–water partition coefficient (Wildman–Crippen LogP) is -1.16. The number of carboxylic acid groups (broad SMARTS) is 5. The van der Waals surface area contributed by atoms with Crippen LogP contribution in [0.25, 0.3) is 0 Å². The number of hydrogen-bond acceptors (Lipinski definition) is 8. The Morgan fingerprint density at radius 2 is 1.25 bits per heavy atom. The summed E-state index contributed by atoms with van der Waals surface area (Å²) in [5.41, 5.74) is -3.08. The Hall–Kier alpha value is -3.38. The summed E-state index contributed by atoms with van der Waals surface area (Å²) in [6, 6.07) is 0. The number of esters is 1. The van der Waals surface area contributed by atoms with Gasteiger partial charge in [-0.25, -0.2) is 14.4 Å². The zero-order valence-electron chi connectivity index (χ0n) is 11.7. The molecule has 0 aliphatic rings. The van der Waals surface area contributed by atoms with Gasteiger partial charge in [-0.3, -0.25) is 14.4 Å². The minimum Gasteiger partial charge on any atom is -0.481 e. The van der Waals surface area contributed by atoms with Crippen molar-refractivity contribution in [3.8, 4) is 0 Å². The lowest BCUT2D eigenvalue weighted by atomic mass is 9.95. The van der Waals surface area contributed by atoms with Crippen molar-refractivity contribution >= 4 is 36.0 Å². The van der Waals surface area contributed by atoms with Crippen LogP contribution >= 0.6 is 0 Å². The van der Waals surface area contributed by atoms with Gasteiger partial charge in [-0.2, -0.15) is 0 Å². The number of carbonyl (C=O) groups is 6. The molecule has 0 aromatic rings. The third kappa shape index (κ3) is 6.59. The maximum atomic E-state index is 11.8. The van der Waals surface area contributed by atoms with Crippen molar-refractivity contribution in [1.82, 2.24) is 0 Å². The van der Waals surface area contributed by atoms with Crippen LogP contribution in [0.4, 0.5) is 4.79 Å². The van der Waals surface area contributed by atoms with Gasteiger partial charge in [-0.15, -0.1) is 0 Å². The van der Waals surface area contributed by atoms with E-state index in [1.807, 2.05) is 0 Å². The molecule has 0 spiro atoms. The highest BCUT2D eigenvalue weighted by Crippen LogP contribution is 2.24. The van der Waals surface area contributed by atoms with E-state index in [1.54, 1.807) is 0 Å². The van der Waals surface area contributed by atoms with Crippen LogP contribution in [0.15, 0.2) is 0 Å². The molecule has 0 aromatic heterocycles. The van der Waals surface area contributed by atoms with Crippen LogP contribution in [0.3, 0.4) is 0 Å². The summed E-state index contributed by atoms with van der Waals surface area (Å²) >= 11 is 0. The van der Waals surface area contributed by atoms with Crippen molar-refractivity contribution in [2.45, 2.75) is 31.0 Å². The van der Waals surface area contributed by atoms with Crippen LogP contribution < -0.4 is 0 Å². The van der Waals surface area contributed by atoms with Gasteiger partial charge >= 0.3 is 36.0 Å². The average molecular weight is 352 g/mol. The normalized spacial score (nSPS) is 11.8. The van der Waals surface area contributed by atoms with Crippen LogP contribution in [0.5, 0.6) is 0 Å². The molecule has 0 saturated heterocycles. The molecule has 0 aromatic carbocycles. The maximum absolute atomic E-state index is 11.8. The van der Waals surface area contributed by atoms with Gasteiger partial charge in [-0.1, -0.05) is 0 Å². The largest absolute Gasteiger partial charge is 0.506 e. The molecule has 5 N–H and O–H groups in total. The fourth-order valence-electron chi connectivity index (χ4n) is 1.53. The lowest BCUT2D eigenvalue weighted by Gasteiger charge is -2.27. The summed E-state index contributed by atoms with van der Waals surface area (Å²) in [7, 11) is 0. The molecule has 1 atom stereocenters. The minimum atomic E-state index is -3.08. The van der Waals surface area contributed by atoms with E-state index < -0.39 is 67.0 Å². The van der Waals surface area contributed by atoms with Crippen molar-refractivity contribution in [2.24, 2.45) is 0 Å². The van der Waals surface area contributed by atoms with E-state index in [2.05, 4.69) is 9.47 Å². The highest BCUT2D eigenvalue weighted by Gasteiger charge is 2.48. The first kappa shape index (κ1) is 20.6. The van der Waals surface area contributed by atoms with Gasteiger partial charge in [0.1, 0.15) is 0 Å². The zero-order chi connectivity index (χ0) is 19.1. The van der Waals surface area contributed by atoms with Crippen molar-refractivity contribution < 1.29 is 63.8 Å². The van der Waals surface area contributed by atoms with Gasteiger partial charge < -0.3 is 35.0 Å². The molecule has 1 unspecified atom stereocenters. The molecule has 0 radical (unpaired) electrons. The second-order valence-corrected chi connectivity index (χ2v) is 4.33. The van der Waals surface area contributed by atoms with Gasteiger partial charge in [-0.05, 0) is 0 Å².